The van der Waals surface area contributed by atoms with Gasteiger partial charge in [0.05, 0.1) is 25.6 Å². The van der Waals surface area contributed by atoms with E-state index in [9.17, 15) is 14.4 Å². The van der Waals surface area contributed by atoms with E-state index >= 15 is 0 Å². The summed E-state index contributed by atoms with van der Waals surface area (Å²) in [5.41, 5.74) is 0.704. The Bertz CT molecular complexity index is 976. The number of nitrogens with zero attached hydrogens (tertiary/aromatic N) is 1. The summed E-state index contributed by atoms with van der Waals surface area (Å²) in [6, 6.07) is 14.0. The molecule has 0 saturated carbocycles. The van der Waals surface area contributed by atoms with Crippen LogP contribution >= 0.6 is 0 Å². The Balaban J connectivity index is 2.39. The van der Waals surface area contributed by atoms with Crippen LogP contribution in [0, 0.1) is 5.92 Å². The average Bonchev–Trinajstić information content (AvgIpc) is 2.75. The molecule has 2 rings (SSSR count). The van der Waals surface area contributed by atoms with Crippen molar-refractivity contribution in [1.82, 2.24) is 5.32 Å². The second-order valence-corrected chi connectivity index (χ2v) is 6.94. The third kappa shape index (κ3) is 7.98. The largest absolute Gasteiger partial charge is 0.457 e. The molecule has 3 N–H and O–H groups in total. The first-order valence-electron chi connectivity index (χ1n) is 9.76. The van der Waals surface area contributed by atoms with Crippen molar-refractivity contribution in [2.24, 2.45) is 10.9 Å². The standard InChI is InChI=1S/C22H26N4O6/c1-14(2)12-19(27)23-17-11-10-16(32-15-8-6-5-7-9-15)13-18(17)24-20(25-21(28)30-3)26-22(29)31-4/h5-11,13-14H,12H2,1-4H3,(H,23,27)(H2,24,25,26,28,29). The highest BCUT2D eigenvalue weighted by Crippen LogP contribution is 2.30. The zero-order valence-electron chi connectivity index (χ0n) is 18.3. The molecule has 2 aromatic rings. The van der Waals surface area contributed by atoms with Crippen LogP contribution in [0.4, 0.5) is 21.0 Å². The number of para-hydroxylation sites is 1. The normalized spacial score (nSPS) is 10.8. The minimum atomic E-state index is -0.953. The molecular weight excluding hydrogens is 416 g/mol. The van der Waals surface area contributed by atoms with Crippen molar-refractivity contribution in [2.45, 2.75) is 20.3 Å². The van der Waals surface area contributed by atoms with Crippen molar-refractivity contribution >= 4 is 35.4 Å². The van der Waals surface area contributed by atoms with Crippen LogP contribution in [0.1, 0.15) is 20.3 Å². The fourth-order valence-corrected chi connectivity index (χ4v) is 2.50. The number of ether oxygens (including phenoxy) is 3. The summed E-state index contributed by atoms with van der Waals surface area (Å²) in [6.07, 6.45) is -1.50. The van der Waals surface area contributed by atoms with E-state index in [2.05, 4.69) is 30.4 Å². The van der Waals surface area contributed by atoms with Gasteiger partial charge in [0.15, 0.2) is 0 Å². The number of carbonyl (C=O) groups excluding carboxylic acids is 3. The average molecular weight is 442 g/mol. The molecule has 0 aliphatic heterocycles. The van der Waals surface area contributed by atoms with Crippen LogP contribution in [-0.2, 0) is 14.3 Å². The highest BCUT2D eigenvalue weighted by Gasteiger charge is 2.15. The van der Waals surface area contributed by atoms with Crippen LogP contribution in [0.25, 0.3) is 0 Å². The number of nitrogens with one attached hydrogen (secondary N) is 3. The molecule has 32 heavy (non-hydrogen) atoms. The van der Waals surface area contributed by atoms with E-state index in [1.54, 1.807) is 30.3 Å². The number of alkyl carbamates (subject to hydrolysis) is 1. The molecule has 0 unspecified atom stereocenters. The number of hydrogen-bond donors (Lipinski definition) is 3. The lowest BCUT2D eigenvalue weighted by Gasteiger charge is -2.17. The van der Waals surface area contributed by atoms with Crippen LogP contribution in [0.3, 0.4) is 0 Å². The summed E-state index contributed by atoms with van der Waals surface area (Å²) in [7, 11) is 2.31. The highest BCUT2D eigenvalue weighted by atomic mass is 16.5. The van der Waals surface area contributed by atoms with Crippen molar-refractivity contribution in [3.05, 3.63) is 48.5 Å². The van der Waals surface area contributed by atoms with E-state index in [0.29, 0.717) is 29.3 Å². The van der Waals surface area contributed by atoms with Crippen LogP contribution in [0.5, 0.6) is 11.5 Å². The van der Waals surface area contributed by atoms with Gasteiger partial charge >= 0.3 is 12.2 Å². The first-order valence-corrected chi connectivity index (χ1v) is 9.76. The summed E-state index contributed by atoms with van der Waals surface area (Å²) in [5, 5.41) is 7.89. The third-order valence-corrected chi connectivity index (χ3v) is 3.87. The highest BCUT2D eigenvalue weighted by molar-refractivity contribution is 6.08. The zero-order valence-corrected chi connectivity index (χ0v) is 18.3. The van der Waals surface area contributed by atoms with Gasteiger partial charge in [-0.05, 0) is 30.2 Å². The number of hydrogen-bond acceptors (Lipinski definition) is 6. The quantitative estimate of drug-likeness (QED) is 0.448. The van der Waals surface area contributed by atoms with Gasteiger partial charge in [0, 0.05) is 12.5 Å². The van der Waals surface area contributed by atoms with E-state index in [0.717, 1.165) is 14.2 Å². The molecule has 3 amide bonds. The topological polar surface area (TPSA) is 127 Å². The molecule has 0 atom stereocenters. The molecule has 0 bridgehead atoms. The summed E-state index contributed by atoms with van der Waals surface area (Å²) < 4.78 is 14.9. The first kappa shape index (κ1) is 24.2. The van der Waals surface area contributed by atoms with Gasteiger partial charge in [0.2, 0.25) is 11.9 Å². The van der Waals surface area contributed by atoms with E-state index in [1.165, 1.54) is 0 Å². The Morgan fingerprint density at radius 2 is 1.62 bits per heavy atom. The number of amides is 3. The lowest BCUT2D eigenvalue weighted by atomic mass is 10.1. The van der Waals surface area contributed by atoms with Crippen LogP contribution in [-0.4, -0.2) is 38.3 Å². The van der Waals surface area contributed by atoms with E-state index in [4.69, 9.17) is 4.74 Å². The molecule has 0 aliphatic rings. The Hall–Kier alpha value is -4.08. The second kappa shape index (κ2) is 11.9. The lowest BCUT2D eigenvalue weighted by molar-refractivity contribution is -0.116. The lowest BCUT2D eigenvalue weighted by Crippen LogP contribution is -2.36. The number of guanidine groups is 1. The molecule has 170 valence electrons. The zero-order chi connectivity index (χ0) is 23.5. The van der Waals surface area contributed by atoms with Crippen molar-refractivity contribution in [2.75, 3.05) is 24.9 Å². The van der Waals surface area contributed by atoms with Gasteiger partial charge < -0.3 is 24.8 Å². The van der Waals surface area contributed by atoms with E-state index in [1.807, 2.05) is 32.0 Å². The minimum Gasteiger partial charge on any atom is -0.457 e. The number of benzene rings is 2. The molecule has 10 heteroatoms. The second-order valence-electron chi connectivity index (χ2n) is 6.94. The number of rotatable bonds is 6. The van der Waals surface area contributed by atoms with Crippen molar-refractivity contribution in [3.8, 4) is 11.5 Å². The Labute approximate surface area is 186 Å². The summed E-state index contributed by atoms with van der Waals surface area (Å²) in [5.74, 6) is 0.735. The molecule has 0 saturated heterocycles. The number of anilines is 2. The van der Waals surface area contributed by atoms with Crippen LogP contribution in [0.2, 0.25) is 0 Å². The maximum absolute atomic E-state index is 12.3. The third-order valence-electron chi connectivity index (χ3n) is 3.87. The van der Waals surface area contributed by atoms with Crippen LogP contribution < -0.4 is 20.7 Å². The fraction of sp³-hybridized carbons (Fsp3) is 0.273. The number of methoxy groups -OCH3 is 2. The SMILES string of the molecule is COC(=O)N=C(NC(=O)OC)Nc1cc(Oc2ccccc2)ccc1NC(=O)CC(C)C. The van der Waals surface area contributed by atoms with E-state index in [-0.39, 0.29) is 17.8 Å². The van der Waals surface area contributed by atoms with Crippen molar-refractivity contribution < 1.29 is 28.6 Å². The summed E-state index contributed by atoms with van der Waals surface area (Å²) in [6.45, 7) is 3.86. The minimum absolute atomic E-state index is 0.157. The van der Waals surface area contributed by atoms with Gasteiger partial charge in [-0.2, -0.15) is 0 Å². The molecule has 0 aliphatic carbocycles. The monoisotopic (exact) mass is 442 g/mol. The van der Waals surface area contributed by atoms with Gasteiger partial charge in [-0.25, -0.2) is 9.59 Å². The molecule has 0 spiro atoms. The predicted molar refractivity (Wildman–Crippen MR) is 120 cm³/mol. The van der Waals surface area contributed by atoms with E-state index < -0.39 is 12.2 Å². The van der Waals surface area contributed by atoms with Gasteiger partial charge in [-0.1, -0.05) is 32.0 Å². The van der Waals surface area contributed by atoms with Gasteiger partial charge in [0.1, 0.15) is 11.5 Å². The molecule has 0 radical (unpaired) electrons. The molecule has 0 aromatic heterocycles. The molecule has 0 fully saturated rings. The smallest absolute Gasteiger partial charge is 0.436 e. The molecule has 10 nitrogen and oxygen atoms in total. The Morgan fingerprint density at radius 3 is 2.25 bits per heavy atom. The summed E-state index contributed by atoms with van der Waals surface area (Å²) in [4.78, 5) is 39.3. The fourth-order valence-electron chi connectivity index (χ4n) is 2.50. The molecular formula is C22H26N4O6. The Morgan fingerprint density at radius 1 is 0.906 bits per heavy atom. The van der Waals surface area contributed by atoms with Gasteiger partial charge in [-0.15, -0.1) is 4.99 Å². The van der Waals surface area contributed by atoms with Crippen molar-refractivity contribution in [1.29, 1.82) is 0 Å². The number of carbonyl (C=O) groups is 3. The predicted octanol–water partition coefficient (Wildman–Crippen LogP) is 4.35. The maximum Gasteiger partial charge on any atom is 0.436 e. The summed E-state index contributed by atoms with van der Waals surface area (Å²) >= 11 is 0. The number of aliphatic imine (C=N–C) groups is 1. The molecule has 2 aromatic carbocycles. The van der Waals surface area contributed by atoms with Crippen LogP contribution in [0.15, 0.2) is 53.5 Å². The van der Waals surface area contributed by atoms with Crippen molar-refractivity contribution in [3.63, 3.8) is 0 Å². The molecule has 0 heterocycles. The van der Waals surface area contributed by atoms with Gasteiger partial charge in [-0.3, -0.25) is 10.1 Å². The first-order chi connectivity index (χ1) is 15.3. The Kier molecular flexibility index (Phi) is 9.03. The van der Waals surface area contributed by atoms with Gasteiger partial charge in [0.25, 0.3) is 0 Å². The maximum atomic E-state index is 12.3.